The monoisotopic (exact) mass is 384 g/mol. The van der Waals surface area contributed by atoms with Crippen molar-refractivity contribution in [2.45, 2.75) is 37.1 Å². The quantitative estimate of drug-likeness (QED) is 0.787. The summed E-state index contributed by atoms with van der Waals surface area (Å²) >= 11 is 9.19. The van der Waals surface area contributed by atoms with Gasteiger partial charge in [0.25, 0.3) is 10.0 Å². The zero-order chi connectivity index (χ0) is 14.8. The summed E-state index contributed by atoms with van der Waals surface area (Å²) in [5.74, 6) is 0.473. The summed E-state index contributed by atoms with van der Waals surface area (Å²) in [5.41, 5.74) is -0.134. The van der Waals surface area contributed by atoms with Gasteiger partial charge in [0.05, 0.1) is 0 Å². The van der Waals surface area contributed by atoms with Gasteiger partial charge in [0.2, 0.25) is 5.03 Å². The molecule has 0 bridgehead atoms. The minimum atomic E-state index is -3.64. The molecule has 9 heteroatoms. The van der Waals surface area contributed by atoms with E-state index in [2.05, 4.69) is 31.0 Å². The molecule has 2 rings (SSSR count). The summed E-state index contributed by atoms with van der Waals surface area (Å²) in [7, 11) is -2.10. The summed E-state index contributed by atoms with van der Waals surface area (Å²) in [6, 6.07) is 0. The lowest BCUT2D eigenvalue weighted by Crippen LogP contribution is -2.40. The molecule has 0 radical (unpaired) electrons. The maximum absolute atomic E-state index is 12.4. The molecule has 0 unspecified atom stereocenters. The van der Waals surface area contributed by atoms with Crippen LogP contribution in [0.2, 0.25) is 0 Å². The van der Waals surface area contributed by atoms with E-state index in [1.807, 2.05) is 0 Å². The van der Waals surface area contributed by atoms with Crippen LogP contribution < -0.4 is 4.72 Å². The molecule has 1 saturated carbocycles. The Kier molecular flexibility index (Phi) is 5.09. The van der Waals surface area contributed by atoms with Crippen LogP contribution in [0.1, 0.15) is 32.1 Å². The second kappa shape index (κ2) is 6.29. The minimum Gasteiger partial charge on any atom is -0.235 e. The Labute approximate surface area is 132 Å². The van der Waals surface area contributed by atoms with Crippen molar-refractivity contribution >= 4 is 37.6 Å². The topological polar surface area (TPSA) is 76.9 Å². The molecule has 1 fully saturated rings. The third-order valence-electron chi connectivity index (χ3n) is 3.83. The van der Waals surface area contributed by atoms with E-state index in [0.29, 0.717) is 12.4 Å². The predicted octanol–water partition coefficient (Wildman–Crippen LogP) is 2.05. The number of aryl methyl sites for hydroxylation is 1. The van der Waals surface area contributed by atoms with Crippen molar-refractivity contribution in [3.63, 3.8) is 0 Å². The molecule has 0 amide bonds. The number of aromatic nitrogens is 3. The van der Waals surface area contributed by atoms with E-state index in [1.165, 1.54) is 11.1 Å². The number of nitrogens with zero attached hydrogens (tertiary/aromatic N) is 3. The van der Waals surface area contributed by atoms with Gasteiger partial charge in [0, 0.05) is 19.5 Å². The van der Waals surface area contributed by atoms with Gasteiger partial charge in [-0.3, -0.25) is 0 Å². The van der Waals surface area contributed by atoms with Crippen LogP contribution in [0, 0.1) is 5.41 Å². The van der Waals surface area contributed by atoms with Crippen LogP contribution >= 0.6 is 27.5 Å². The highest BCUT2D eigenvalue weighted by Crippen LogP contribution is 2.37. The largest absolute Gasteiger partial charge is 0.260 e. The Morgan fingerprint density at radius 3 is 2.55 bits per heavy atom. The van der Waals surface area contributed by atoms with Crippen molar-refractivity contribution in [1.29, 1.82) is 0 Å². The standard InChI is InChI=1S/C11H18BrClN4O2S/c1-17-10(9(12)15-16-17)20(18,19)14-8-11(7-13)5-3-2-4-6-11/h14H,2-8H2,1H3. The molecule has 0 spiro atoms. The van der Waals surface area contributed by atoms with Crippen molar-refractivity contribution in [2.75, 3.05) is 12.4 Å². The van der Waals surface area contributed by atoms with Gasteiger partial charge in [-0.25, -0.2) is 17.8 Å². The lowest BCUT2D eigenvalue weighted by atomic mass is 9.76. The zero-order valence-corrected chi connectivity index (χ0v) is 14.4. The van der Waals surface area contributed by atoms with Crippen LogP contribution in [0.4, 0.5) is 0 Å². The van der Waals surface area contributed by atoms with Crippen molar-refractivity contribution < 1.29 is 8.42 Å². The number of sulfonamides is 1. The fourth-order valence-electron chi connectivity index (χ4n) is 2.58. The van der Waals surface area contributed by atoms with Gasteiger partial charge in [-0.15, -0.1) is 16.7 Å². The van der Waals surface area contributed by atoms with Gasteiger partial charge in [-0.1, -0.05) is 24.5 Å². The van der Waals surface area contributed by atoms with Gasteiger partial charge in [-0.05, 0) is 34.2 Å². The SMILES string of the molecule is Cn1nnc(Br)c1S(=O)(=O)NCC1(CCl)CCCCC1. The number of halogens is 2. The lowest BCUT2D eigenvalue weighted by Gasteiger charge is -2.35. The van der Waals surface area contributed by atoms with E-state index >= 15 is 0 Å². The zero-order valence-electron chi connectivity index (χ0n) is 11.3. The first kappa shape index (κ1) is 16.2. The van der Waals surface area contributed by atoms with Gasteiger partial charge >= 0.3 is 0 Å². The molecule has 1 aliphatic rings. The van der Waals surface area contributed by atoms with E-state index in [0.717, 1.165) is 25.7 Å². The second-order valence-corrected chi connectivity index (χ2v) is 8.03. The molecule has 1 heterocycles. The highest BCUT2D eigenvalue weighted by molar-refractivity contribution is 9.10. The average molecular weight is 386 g/mol. The van der Waals surface area contributed by atoms with Crippen molar-refractivity contribution in [2.24, 2.45) is 12.5 Å². The van der Waals surface area contributed by atoms with Crippen LogP contribution in [0.3, 0.4) is 0 Å². The number of rotatable bonds is 5. The van der Waals surface area contributed by atoms with Crippen LogP contribution in [0.25, 0.3) is 0 Å². The van der Waals surface area contributed by atoms with Gasteiger partial charge in [0.15, 0.2) is 4.60 Å². The van der Waals surface area contributed by atoms with E-state index in [-0.39, 0.29) is 15.0 Å². The fraction of sp³-hybridized carbons (Fsp3) is 0.818. The van der Waals surface area contributed by atoms with Crippen LogP contribution in [-0.2, 0) is 17.1 Å². The molecule has 0 aliphatic heterocycles. The van der Waals surface area contributed by atoms with E-state index in [4.69, 9.17) is 11.6 Å². The molecule has 0 saturated heterocycles. The maximum atomic E-state index is 12.4. The Hall–Kier alpha value is -0.180. The molecular weight excluding hydrogens is 368 g/mol. The number of alkyl halides is 1. The van der Waals surface area contributed by atoms with Gasteiger partial charge < -0.3 is 0 Å². The molecule has 1 N–H and O–H groups in total. The first-order valence-electron chi connectivity index (χ1n) is 6.51. The summed E-state index contributed by atoms with van der Waals surface area (Å²) in [6.45, 7) is 0.358. The molecule has 20 heavy (non-hydrogen) atoms. The summed E-state index contributed by atoms with van der Waals surface area (Å²) in [6.07, 6.45) is 5.33. The average Bonchev–Trinajstić information content (AvgIpc) is 2.78. The molecule has 1 aliphatic carbocycles. The molecule has 114 valence electrons. The van der Waals surface area contributed by atoms with Crippen LogP contribution in [-0.4, -0.2) is 35.8 Å². The summed E-state index contributed by atoms with van der Waals surface area (Å²) in [4.78, 5) is 0. The Balaban J connectivity index is 2.13. The smallest absolute Gasteiger partial charge is 0.235 e. The van der Waals surface area contributed by atoms with E-state index in [1.54, 1.807) is 7.05 Å². The Bertz CT molecular complexity index is 549. The molecule has 0 aromatic carbocycles. The summed E-state index contributed by atoms with van der Waals surface area (Å²) < 4.78 is 28.8. The highest BCUT2D eigenvalue weighted by atomic mass is 79.9. The normalized spacial score (nSPS) is 19.1. The predicted molar refractivity (Wildman–Crippen MR) is 80.1 cm³/mol. The van der Waals surface area contributed by atoms with Crippen molar-refractivity contribution in [1.82, 2.24) is 19.7 Å². The van der Waals surface area contributed by atoms with Crippen molar-refractivity contribution in [3.8, 4) is 0 Å². The molecule has 6 nitrogen and oxygen atoms in total. The number of nitrogens with one attached hydrogen (secondary N) is 1. The fourth-order valence-corrected chi connectivity index (χ4v) is 5.19. The number of hydrogen-bond donors (Lipinski definition) is 1. The van der Waals surface area contributed by atoms with Gasteiger partial charge in [0.1, 0.15) is 0 Å². The highest BCUT2D eigenvalue weighted by Gasteiger charge is 2.34. The first-order valence-corrected chi connectivity index (χ1v) is 9.32. The van der Waals surface area contributed by atoms with E-state index < -0.39 is 10.0 Å². The minimum absolute atomic E-state index is 0.0398. The Morgan fingerprint density at radius 2 is 2.05 bits per heavy atom. The number of hydrogen-bond acceptors (Lipinski definition) is 4. The van der Waals surface area contributed by atoms with Crippen molar-refractivity contribution in [3.05, 3.63) is 4.60 Å². The van der Waals surface area contributed by atoms with Crippen LogP contribution in [0.5, 0.6) is 0 Å². The second-order valence-electron chi connectivity index (χ2n) is 5.33. The maximum Gasteiger partial charge on any atom is 0.260 e. The molecule has 1 aromatic rings. The van der Waals surface area contributed by atoms with E-state index in [9.17, 15) is 8.42 Å². The molecular formula is C11H18BrClN4O2S. The lowest BCUT2D eigenvalue weighted by molar-refractivity contribution is 0.223. The Morgan fingerprint density at radius 1 is 1.40 bits per heavy atom. The third-order valence-corrected chi connectivity index (χ3v) is 6.68. The first-order chi connectivity index (χ1) is 9.40. The molecule has 1 aromatic heterocycles. The molecule has 0 atom stereocenters. The summed E-state index contributed by atoms with van der Waals surface area (Å²) in [5, 5.41) is 7.43. The third kappa shape index (κ3) is 3.35. The van der Waals surface area contributed by atoms with Gasteiger partial charge in [-0.2, -0.15) is 0 Å². The van der Waals surface area contributed by atoms with Crippen LogP contribution in [0.15, 0.2) is 9.63 Å².